The molecule has 0 atom stereocenters. The number of rotatable bonds is 7. The zero-order valence-electron chi connectivity index (χ0n) is 10.7. The molecule has 1 aromatic heterocycles. The lowest BCUT2D eigenvalue weighted by Gasteiger charge is -2.09. The summed E-state index contributed by atoms with van der Waals surface area (Å²) in [6.45, 7) is 4.30. The minimum Gasteiger partial charge on any atom is -0.379 e. The second kappa shape index (κ2) is 7.12. The van der Waals surface area contributed by atoms with Gasteiger partial charge in [0.15, 0.2) is 0 Å². The topological polar surface area (TPSA) is 55.2 Å². The predicted octanol–water partition coefficient (Wildman–Crippen LogP) is 4.55. The van der Waals surface area contributed by atoms with Gasteiger partial charge < -0.3 is 5.32 Å². The predicted molar refractivity (Wildman–Crippen MR) is 85.7 cm³/mol. The van der Waals surface area contributed by atoms with Crippen molar-refractivity contribution in [3.63, 3.8) is 0 Å². The molecule has 0 spiro atoms. The molecule has 2 rings (SSSR count). The number of anilines is 1. The molecule has 0 saturated carbocycles. The number of nitrogens with zero attached hydrogens (tertiary/aromatic N) is 1. The van der Waals surface area contributed by atoms with Crippen LogP contribution in [0.1, 0.15) is 4.88 Å². The van der Waals surface area contributed by atoms with Crippen LogP contribution >= 0.6 is 23.1 Å². The van der Waals surface area contributed by atoms with Gasteiger partial charge in [-0.1, -0.05) is 29.5 Å². The van der Waals surface area contributed by atoms with Crippen molar-refractivity contribution in [2.45, 2.75) is 11.4 Å². The molecule has 0 unspecified atom stereocenters. The van der Waals surface area contributed by atoms with E-state index in [0.717, 1.165) is 21.2 Å². The average molecular weight is 306 g/mol. The maximum atomic E-state index is 10.6. The van der Waals surface area contributed by atoms with Gasteiger partial charge in [0.2, 0.25) is 0 Å². The van der Waals surface area contributed by atoms with Gasteiger partial charge in [-0.05, 0) is 18.2 Å². The lowest BCUT2D eigenvalue weighted by atomic mass is 10.3. The molecule has 0 aliphatic rings. The van der Waals surface area contributed by atoms with Gasteiger partial charge in [0, 0.05) is 33.8 Å². The number of nitrogens with one attached hydrogen (secondary N) is 1. The number of nitro groups is 1. The monoisotopic (exact) mass is 306 g/mol. The van der Waals surface area contributed by atoms with Crippen molar-refractivity contribution in [1.82, 2.24) is 0 Å². The first-order chi connectivity index (χ1) is 9.70. The summed E-state index contributed by atoms with van der Waals surface area (Å²) >= 11 is 2.91. The lowest BCUT2D eigenvalue weighted by molar-refractivity contribution is -0.380. The summed E-state index contributed by atoms with van der Waals surface area (Å²) in [6.07, 6.45) is 1.87. The lowest BCUT2D eigenvalue weighted by Crippen LogP contribution is -1.98. The van der Waals surface area contributed by atoms with E-state index in [2.05, 4.69) is 11.9 Å². The molecule has 6 heteroatoms. The van der Waals surface area contributed by atoms with E-state index in [1.54, 1.807) is 23.9 Å². The standard InChI is InChI=1S/C14H14N2O2S2/c1-2-9-19-13-6-4-3-5-12(13)15-10-11-7-8-14(20-11)16(17)18/h2-8,15H,1,9-10H2. The van der Waals surface area contributed by atoms with E-state index in [-0.39, 0.29) is 9.92 Å². The minimum atomic E-state index is -0.359. The fraction of sp³-hybridized carbons (Fsp3) is 0.143. The van der Waals surface area contributed by atoms with Crippen molar-refractivity contribution in [2.75, 3.05) is 11.1 Å². The van der Waals surface area contributed by atoms with Crippen LogP contribution in [0.2, 0.25) is 0 Å². The Labute approximate surface area is 125 Å². The summed E-state index contributed by atoms with van der Waals surface area (Å²) in [7, 11) is 0. The van der Waals surface area contributed by atoms with Crippen LogP contribution in [0, 0.1) is 10.1 Å². The number of thioether (sulfide) groups is 1. The molecule has 0 bridgehead atoms. The molecule has 0 saturated heterocycles. The third kappa shape index (κ3) is 3.85. The highest BCUT2D eigenvalue weighted by Gasteiger charge is 2.09. The summed E-state index contributed by atoms with van der Waals surface area (Å²) in [5.41, 5.74) is 1.04. The maximum Gasteiger partial charge on any atom is 0.324 e. The normalized spacial score (nSPS) is 10.2. The van der Waals surface area contributed by atoms with E-state index in [0.29, 0.717) is 6.54 Å². The van der Waals surface area contributed by atoms with Gasteiger partial charge in [-0.15, -0.1) is 18.3 Å². The van der Waals surface area contributed by atoms with E-state index in [9.17, 15) is 10.1 Å². The Bertz CT molecular complexity index is 611. The van der Waals surface area contributed by atoms with Gasteiger partial charge in [-0.25, -0.2) is 0 Å². The first-order valence-corrected chi connectivity index (χ1v) is 7.80. The van der Waals surface area contributed by atoms with Crippen LogP contribution in [-0.4, -0.2) is 10.7 Å². The van der Waals surface area contributed by atoms with Crippen LogP contribution in [-0.2, 0) is 6.54 Å². The zero-order valence-corrected chi connectivity index (χ0v) is 12.4. The van der Waals surface area contributed by atoms with Crippen molar-refractivity contribution in [3.05, 3.63) is 64.0 Å². The molecule has 2 aromatic rings. The molecule has 0 radical (unpaired) electrons. The summed E-state index contributed by atoms with van der Waals surface area (Å²) in [5, 5.41) is 14.1. The highest BCUT2D eigenvalue weighted by Crippen LogP contribution is 2.29. The number of hydrogen-bond donors (Lipinski definition) is 1. The van der Waals surface area contributed by atoms with Gasteiger partial charge in [0.25, 0.3) is 0 Å². The molecule has 1 heterocycles. The molecule has 104 valence electrons. The Morgan fingerprint density at radius 1 is 1.35 bits per heavy atom. The fourth-order valence-corrected chi connectivity index (χ4v) is 3.16. The highest BCUT2D eigenvalue weighted by molar-refractivity contribution is 7.99. The first-order valence-electron chi connectivity index (χ1n) is 6.00. The second-order valence-electron chi connectivity index (χ2n) is 3.95. The van der Waals surface area contributed by atoms with E-state index >= 15 is 0 Å². The van der Waals surface area contributed by atoms with Gasteiger partial charge in [-0.3, -0.25) is 10.1 Å². The highest BCUT2D eigenvalue weighted by atomic mass is 32.2. The third-order valence-corrected chi connectivity index (χ3v) is 4.63. The Morgan fingerprint density at radius 2 is 2.15 bits per heavy atom. The summed E-state index contributed by atoms with van der Waals surface area (Å²) < 4.78 is 0. The van der Waals surface area contributed by atoms with Crippen LogP contribution < -0.4 is 5.32 Å². The number of para-hydroxylation sites is 1. The van der Waals surface area contributed by atoms with Crippen LogP contribution in [0.5, 0.6) is 0 Å². The molecule has 1 aromatic carbocycles. The average Bonchev–Trinajstić information content (AvgIpc) is 2.93. The van der Waals surface area contributed by atoms with Crippen molar-refractivity contribution >= 4 is 33.8 Å². The van der Waals surface area contributed by atoms with Crippen molar-refractivity contribution < 1.29 is 4.92 Å². The van der Waals surface area contributed by atoms with Crippen molar-refractivity contribution in [2.24, 2.45) is 0 Å². The molecule has 4 nitrogen and oxygen atoms in total. The summed E-state index contributed by atoms with van der Waals surface area (Å²) in [5.74, 6) is 0.850. The van der Waals surface area contributed by atoms with Gasteiger partial charge in [0.05, 0.1) is 4.92 Å². The zero-order chi connectivity index (χ0) is 14.4. The Kier molecular flexibility index (Phi) is 5.20. The van der Waals surface area contributed by atoms with Crippen LogP contribution in [0.4, 0.5) is 10.7 Å². The van der Waals surface area contributed by atoms with E-state index in [1.807, 2.05) is 30.3 Å². The Balaban J connectivity index is 2.02. The van der Waals surface area contributed by atoms with Gasteiger partial charge in [0.1, 0.15) is 0 Å². The molecule has 0 aliphatic heterocycles. The van der Waals surface area contributed by atoms with Crippen LogP contribution in [0.15, 0.2) is 53.9 Å². The molecular weight excluding hydrogens is 292 g/mol. The number of benzene rings is 1. The smallest absolute Gasteiger partial charge is 0.324 e. The summed E-state index contributed by atoms with van der Waals surface area (Å²) in [4.78, 5) is 12.4. The van der Waals surface area contributed by atoms with Crippen molar-refractivity contribution in [1.29, 1.82) is 0 Å². The summed E-state index contributed by atoms with van der Waals surface area (Å²) in [6, 6.07) is 11.3. The Morgan fingerprint density at radius 3 is 2.85 bits per heavy atom. The van der Waals surface area contributed by atoms with E-state index < -0.39 is 0 Å². The fourth-order valence-electron chi connectivity index (χ4n) is 1.63. The van der Waals surface area contributed by atoms with Crippen LogP contribution in [0.3, 0.4) is 0 Å². The van der Waals surface area contributed by atoms with Gasteiger partial charge >= 0.3 is 5.00 Å². The van der Waals surface area contributed by atoms with E-state index in [1.165, 1.54) is 11.3 Å². The molecule has 1 N–H and O–H groups in total. The van der Waals surface area contributed by atoms with Crippen molar-refractivity contribution in [3.8, 4) is 0 Å². The molecule has 20 heavy (non-hydrogen) atoms. The van der Waals surface area contributed by atoms with E-state index in [4.69, 9.17) is 0 Å². The molecule has 0 fully saturated rings. The number of thiophene rings is 1. The quantitative estimate of drug-likeness (QED) is 0.353. The maximum absolute atomic E-state index is 10.6. The molecule has 0 aliphatic carbocycles. The van der Waals surface area contributed by atoms with Gasteiger partial charge in [-0.2, -0.15) is 0 Å². The largest absolute Gasteiger partial charge is 0.379 e. The first kappa shape index (κ1) is 14.6. The third-order valence-electron chi connectivity index (χ3n) is 2.52. The number of hydrogen-bond acceptors (Lipinski definition) is 5. The molecular formula is C14H14N2O2S2. The minimum absolute atomic E-state index is 0.177. The Hall–Kier alpha value is -1.79. The van der Waals surface area contributed by atoms with Crippen LogP contribution in [0.25, 0.3) is 0 Å². The molecule has 0 amide bonds. The second-order valence-corrected chi connectivity index (χ2v) is 6.16. The SMILES string of the molecule is C=CCSc1ccccc1NCc1ccc([N+](=O)[O-])s1.